The van der Waals surface area contributed by atoms with Gasteiger partial charge in [0.25, 0.3) is 0 Å². The zero-order valence-corrected chi connectivity index (χ0v) is 13.2. The Hall–Kier alpha value is -1.93. The molecular weight excluding hydrogens is 258 g/mol. The predicted octanol–water partition coefficient (Wildman–Crippen LogP) is 4.45. The van der Waals surface area contributed by atoms with E-state index in [9.17, 15) is 0 Å². The van der Waals surface area contributed by atoms with Gasteiger partial charge in [0.05, 0.1) is 13.8 Å². The Balaban J connectivity index is 2.02. The van der Waals surface area contributed by atoms with E-state index in [0.29, 0.717) is 0 Å². The second-order valence-corrected chi connectivity index (χ2v) is 11.3. The fourth-order valence-corrected chi connectivity index (χ4v) is 3.39. The van der Waals surface area contributed by atoms with Crippen molar-refractivity contribution in [2.45, 2.75) is 19.6 Å². The summed E-state index contributed by atoms with van der Waals surface area (Å²) in [6, 6.07) is 19.4. The molecule has 1 heterocycles. The van der Waals surface area contributed by atoms with Crippen LogP contribution in [0.4, 0.5) is 0 Å². The molecule has 0 unspecified atom stereocenters. The van der Waals surface area contributed by atoms with Crippen molar-refractivity contribution in [1.29, 1.82) is 0 Å². The average Bonchev–Trinajstić information content (AvgIpc) is 2.46. The summed E-state index contributed by atoms with van der Waals surface area (Å²) in [4.78, 5) is 4.66. The van der Waals surface area contributed by atoms with E-state index in [2.05, 4.69) is 85.4 Å². The molecule has 100 valence electrons. The number of fused-ring (bicyclic) bond motifs is 1. The van der Waals surface area contributed by atoms with Crippen LogP contribution in [-0.2, 0) is 0 Å². The fraction of sp³-hybridized carbons (Fsp3) is 0.167. The smallest absolute Gasteiger partial charge is 0.0796 e. The van der Waals surface area contributed by atoms with Gasteiger partial charge in [-0.3, -0.25) is 4.98 Å². The van der Waals surface area contributed by atoms with Crippen LogP contribution >= 0.6 is 0 Å². The van der Waals surface area contributed by atoms with Crippen LogP contribution in [-0.4, -0.2) is 13.1 Å². The molecular formula is C18H19NSi. The van der Waals surface area contributed by atoms with Crippen LogP contribution in [0.2, 0.25) is 19.6 Å². The Kier molecular flexibility index (Phi) is 3.18. The summed E-state index contributed by atoms with van der Waals surface area (Å²) in [6.45, 7) is 7.04. The molecule has 0 bridgehead atoms. The molecule has 0 atom stereocenters. The normalized spacial score (nSPS) is 11.8. The second kappa shape index (κ2) is 4.87. The summed E-state index contributed by atoms with van der Waals surface area (Å²) < 4.78 is 0. The zero-order valence-electron chi connectivity index (χ0n) is 12.2. The van der Waals surface area contributed by atoms with E-state index < -0.39 is 8.07 Å². The first-order valence-electron chi connectivity index (χ1n) is 7.00. The van der Waals surface area contributed by atoms with Gasteiger partial charge in [-0.1, -0.05) is 62.1 Å². The number of hydrogen-bond acceptors (Lipinski definition) is 1. The first kappa shape index (κ1) is 13.1. The number of benzene rings is 2. The van der Waals surface area contributed by atoms with Crippen LogP contribution < -0.4 is 5.19 Å². The van der Waals surface area contributed by atoms with Crippen LogP contribution in [0.3, 0.4) is 0 Å². The topological polar surface area (TPSA) is 12.9 Å². The van der Waals surface area contributed by atoms with Crippen molar-refractivity contribution >= 4 is 24.0 Å². The summed E-state index contributed by atoms with van der Waals surface area (Å²) in [5, 5.41) is 3.94. The maximum atomic E-state index is 4.66. The van der Waals surface area contributed by atoms with Gasteiger partial charge < -0.3 is 0 Å². The summed E-state index contributed by atoms with van der Waals surface area (Å²) in [6.07, 6.45) is 2.05. The number of rotatable bonds is 2. The SMILES string of the molecule is C[Si](C)(C)c1ccc(-c2ccc3ccccc3c2)nc1. The van der Waals surface area contributed by atoms with Gasteiger partial charge in [-0.05, 0) is 28.1 Å². The van der Waals surface area contributed by atoms with E-state index >= 15 is 0 Å². The molecule has 0 spiro atoms. The monoisotopic (exact) mass is 277 g/mol. The van der Waals surface area contributed by atoms with Gasteiger partial charge in [-0.25, -0.2) is 0 Å². The summed E-state index contributed by atoms with van der Waals surface area (Å²) >= 11 is 0. The molecule has 20 heavy (non-hydrogen) atoms. The van der Waals surface area contributed by atoms with E-state index in [-0.39, 0.29) is 0 Å². The van der Waals surface area contributed by atoms with Gasteiger partial charge in [0.2, 0.25) is 0 Å². The van der Waals surface area contributed by atoms with Gasteiger partial charge in [0.1, 0.15) is 0 Å². The zero-order chi connectivity index (χ0) is 14.2. The van der Waals surface area contributed by atoms with Crippen LogP contribution in [0.25, 0.3) is 22.0 Å². The van der Waals surface area contributed by atoms with Crippen molar-refractivity contribution in [3.8, 4) is 11.3 Å². The molecule has 2 aromatic carbocycles. The molecule has 1 aromatic heterocycles. The predicted molar refractivity (Wildman–Crippen MR) is 90.2 cm³/mol. The van der Waals surface area contributed by atoms with E-state index in [1.165, 1.54) is 21.5 Å². The van der Waals surface area contributed by atoms with E-state index in [0.717, 1.165) is 5.69 Å². The van der Waals surface area contributed by atoms with Gasteiger partial charge in [0.15, 0.2) is 0 Å². The molecule has 0 aliphatic carbocycles. The van der Waals surface area contributed by atoms with E-state index in [4.69, 9.17) is 0 Å². The lowest BCUT2D eigenvalue weighted by Crippen LogP contribution is -2.37. The van der Waals surface area contributed by atoms with Gasteiger partial charge in [-0.2, -0.15) is 0 Å². The minimum Gasteiger partial charge on any atom is -0.256 e. The highest BCUT2D eigenvalue weighted by Gasteiger charge is 2.16. The standard InChI is InChI=1S/C18H19NSi/c1-20(2,3)17-10-11-18(19-13-17)16-9-8-14-6-4-5-7-15(14)12-16/h4-13H,1-3H3. The molecule has 3 rings (SSSR count). The molecule has 3 aromatic rings. The summed E-state index contributed by atoms with van der Waals surface area (Å²) in [5.74, 6) is 0. The van der Waals surface area contributed by atoms with Crippen molar-refractivity contribution < 1.29 is 0 Å². The quantitative estimate of drug-likeness (QED) is 0.631. The summed E-state index contributed by atoms with van der Waals surface area (Å²) in [7, 11) is -1.26. The van der Waals surface area contributed by atoms with Crippen LogP contribution in [0, 0.1) is 0 Å². The average molecular weight is 277 g/mol. The number of pyridine rings is 1. The van der Waals surface area contributed by atoms with Crippen molar-refractivity contribution in [2.75, 3.05) is 0 Å². The maximum absolute atomic E-state index is 4.66. The number of nitrogens with zero attached hydrogens (tertiary/aromatic N) is 1. The van der Waals surface area contributed by atoms with Crippen molar-refractivity contribution in [3.05, 3.63) is 60.8 Å². The van der Waals surface area contributed by atoms with Crippen molar-refractivity contribution in [1.82, 2.24) is 4.98 Å². The number of aromatic nitrogens is 1. The maximum Gasteiger partial charge on any atom is 0.0796 e. The van der Waals surface area contributed by atoms with E-state index in [1.807, 2.05) is 0 Å². The summed E-state index contributed by atoms with van der Waals surface area (Å²) in [5.41, 5.74) is 2.24. The first-order chi connectivity index (χ1) is 9.54. The van der Waals surface area contributed by atoms with Crippen LogP contribution in [0.15, 0.2) is 60.8 Å². The molecule has 0 aliphatic heterocycles. The highest BCUT2D eigenvalue weighted by Crippen LogP contribution is 2.22. The molecule has 0 saturated carbocycles. The molecule has 1 nitrogen and oxygen atoms in total. The molecule has 0 radical (unpaired) electrons. The molecule has 0 fully saturated rings. The minimum atomic E-state index is -1.26. The lowest BCUT2D eigenvalue weighted by Gasteiger charge is -2.16. The largest absolute Gasteiger partial charge is 0.256 e. The molecule has 2 heteroatoms. The molecule has 0 N–H and O–H groups in total. The van der Waals surface area contributed by atoms with Crippen molar-refractivity contribution in [2.24, 2.45) is 0 Å². The van der Waals surface area contributed by atoms with Gasteiger partial charge >= 0.3 is 0 Å². The third-order valence-corrected chi connectivity index (χ3v) is 5.70. The Morgan fingerprint density at radius 2 is 1.55 bits per heavy atom. The van der Waals surface area contributed by atoms with Gasteiger partial charge in [0, 0.05) is 11.8 Å². The minimum absolute atomic E-state index is 1.05. The van der Waals surface area contributed by atoms with Crippen molar-refractivity contribution in [3.63, 3.8) is 0 Å². The van der Waals surface area contributed by atoms with E-state index in [1.54, 1.807) is 0 Å². The third kappa shape index (κ3) is 2.52. The Labute approximate surface area is 121 Å². The number of hydrogen-bond donors (Lipinski definition) is 0. The lowest BCUT2D eigenvalue weighted by molar-refractivity contribution is 1.34. The highest BCUT2D eigenvalue weighted by atomic mass is 28.3. The van der Waals surface area contributed by atoms with Gasteiger partial charge in [-0.15, -0.1) is 0 Å². The molecule has 0 saturated heterocycles. The molecule has 0 aliphatic rings. The third-order valence-electron chi connectivity index (χ3n) is 3.67. The Bertz CT molecular complexity index is 739. The molecule has 0 amide bonds. The fourth-order valence-electron chi connectivity index (χ4n) is 2.36. The first-order valence-corrected chi connectivity index (χ1v) is 10.5. The van der Waals surface area contributed by atoms with Crippen LogP contribution in [0.5, 0.6) is 0 Å². The van der Waals surface area contributed by atoms with Crippen LogP contribution in [0.1, 0.15) is 0 Å². The Morgan fingerprint density at radius 1 is 0.800 bits per heavy atom. The Morgan fingerprint density at radius 3 is 2.20 bits per heavy atom. The lowest BCUT2D eigenvalue weighted by atomic mass is 10.0. The highest BCUT2D eigenvalue weighted by molar-refractivity contribution is 6.88. The second-order valence-electron chi connectivity index (χ2n) is 6.24.